The van der Waals surface area contributed by atoms with Gasteiger partial charge in [-0.2, -0.15) is 0 Å². The molecule has 43 heavy (non-hydrogen) atoms. The molecule has 0 saturated heterocycles. The molecule has 0 spiro atoms. The van der Waals surface area contributed by atoms with Gasteiger partial charge in [-0.05, 0) is 43.4 Å². The number of thiazole rings is 1. The zero-order valence-corrected chi connectivity index (χ0v) is 24.8. The van der Waals surface area contributed by atoms with E-state index in [2.05, 4.69) is 20.6 Å². The highest BCUT2D eigenvalue weighted by atomic mass is 32.1. The zero-order valence-electron chi connectivity index (χ0n) is 24.0. The van der Waals surface area contributed by atoms with Gasteiger partial charge in [-0.3, -0.25) is 29.0 Å². The Morgan fingerprint density at radius 3 is 2.26 bits per heavy atom. The van der Waals surface area contributed by atoms with Crippen LogP contribution in [0.15, 0.2) is 59.6 Å². The summed E-state index contributed by atoms with van der Waals surface area (Å²) < 4.78 is 0.837. The molecule has 228 valence electrons. The van der Waals surface area contributed by atoms with Gasteiger partial charge in [0.05, 0.1) is 22.3 Å². The second-order valence-corrected chi connectivity index (χ2v) is 11.2. The summed E-state index contributed by atoms with van der Waals surface area (Å²) in [6.07, 6.45) is 0.505. The van der Waals surface area contributed by atoms with E-state index in [4.69, 9.17) is 17.2 Å². The fourth-order valence-corrected chi connectivity index (χ4v) is 5.54. The van der Waals surface area contributed by atoms with Crippen LogP contribution in [0.4, 0.5) is 0 Å². The number of amides is 3. The topological polar surface area (TPSA) is 213 Å². The lowest BCUT2D eigenvalue weighted by molar-refractivity contribution is -0.132. The van der Waals surface area contributed by atoms with Crippen molar-refractivity contribution in [3.63, 3.8) is 0 Å². The molecular weight excluding hydrogens is 570 g/mol. The molecule has 12 nitrogen and oxygen atoms in total. The molecule has 0 unspecified atom stereocenters. The molecule has 3 aromatic rings. The number of aromatic nitrogens is 1. The van der Waals surface area contributed by atoms with Crippen molar-refractivity contribution in [2.24, 2.45) is 28.1 Å². The number of hydrogen-bond acceptors (Lipinski definition) is 8. The van der Waals surface area contributed by atoms with E-state index in [0.29, 0.717) is 11.9 Å². The molecule has 0 bridgehead atoms. The molecule has 0 fully saturated rings. The third-order valence-electron chi connectivity index (χ3n) is 6.67. The average molecular weight is 608 g/mol. The molecule has 3 amide bonds. The predicted molar refractivity (Wildman–Crippen MR) is 165 cm³/mol. The van der Waals surface area contributed by atoms with Crippen molar-refractivity contribution in [1.29, 1.82) is 0 Å². The van der Waals surface area contributed by atoms with Gasteiger partial charge in [0.1, 0.15) is 0 Å². The number of nitrogens with zero attached hydrogens (tertiary/aromatic N) is 2. The number of Topliss-reactive ketones (excluding diaryl/α,β-unsaturated/α-hetero) is 2. The van der Waals surface area contributed by atoms with E-state index < -0.39 is 41.5 Å². The van der Waals surface area contributed by atoms with Gasteiger partial charge in [-0.15, -0.1) is 11.3 Å². The van der Waals surface area contributed by atoms with Gasteiger partial charge in [0.2, 0.25) is 23.5 Å². The summed E-state index contributed by atoms with van der Waals surface area (Å²) in [6, 6.07) is 14.6. The first-order valence-corrected chi connectivity index (χ1v) is 14.7. The Balaban J connectivity index is 1.86. The average Bonchev–Trinajstić information content (AvgIpc) is 3.40. The van der Waals surface area contributed by atoms with E-state index in [1.165, 1.54) is 18.3 Å². The van der Waals surface area contributed by atoms with Crippen molar-refractivity contribution in [1.82, 2.24) is 15.6 Å². The Morgan fingerprint density at radius 1 is 0.907 bits per heavy atom. The third-order valence-corrected chi connectivity index (χ3v) is 7.72. The van der Waals surface area contributed by atoms with Gasteiger partial charge in [-0.1, -0.05) is 42.5 Å². The number of guanidine groups is 1. The summed E-state index contributed by atoms with van der Waals surface area (Å²) >= 11 is 1.23. The van der Waals surface area contributed by atoms with Crippen molar-refractivity contribution >= 4 is 56.8 Å². The van der Waals surface area contributed by atoms with Gasteiger partial charge in [0.25, 0.3) is 0 Å². The number of hydrogen-bond donors (Lipinski definition) is 5. The first-order chi connectivity index (χ1) is 20.5. The van der Waals surface area contributed by atoms with E-state index in [-0.39, 0.29) is 55.4 Å². The van der Waals surface area contributed by atoms with Crippen LogP contribution in [0.3, 0.4) is 0 Å². The Hall–Kier alpha value is -4.65. The molecule has 1 aromatic heterocycles. The smallest absolute Gasteiger partial charge is 0.224 e. The lowest BCUT2D eigenvalue weighted by Crippen LogP contribution is -2.46. The lowest BCUT2D eigenvalue weighted by Gasteiger charge is -2.23. The standard InChI is InChI=1S/C30H37N7O5S/c1-18(38)35-21(13-14-26(31)40)24(39)17-20(16-19-8-3-2-4-9-19)28(42)36-23(11-7-15-34-30(32)33)27(41)29-37-22-10-5-6-12-25(22)43-29/h2-6,8-10,12,20-21,23H,7,11,13-17H2,1H3,(H2,31,40)(H,35,38)(H,36,42)(H4,32,33,34)/t20-,21+,23-/m1/s1. The highest BCUT2D eigenvalue weighted by molar-refractivity contribution is 7.20. The number of nitrogens with two attached hydrogens (primary N) is 3. The Labute approximate surface area is 253 Å². The second-order valence-electron chi connectivity index (χ2n) is 10.2. The Bertz CT molecular complexity index is 1440. The minimum Gasteiger partial charge on any atom is -0.370 e. The van der Waals surface area contributed by atoms with E-state index in [0.717, 1.165) is 10.3 Å². The van der Waals surface area contributed by atoms with Crippen molar-refractivity contribution in [2.45, 2.75) is 57.5 Å². The van der Waals surface area contributed by atoms with E-state index in [1.807, 2.05) is 48.5 Å². The highest BCUT2D eigenvalue weighted by Crippen LogP contribution is 2.24. The number of carbonyl (C=O) groups is 5. The third kappa shape index (κ3) is 10.6. The molecule has 0 aliphatic rings. The predicted octanol–water partition coefficient (Wildman–Crippen LogP) is 1.61. The Morgan fingerprint density at radius 2 is 1.60 bits per heavy atom. The maximum absolute atomic E-state index is 13.8. The SMILES string of the molecule is CC(=O)N[C@@H](CCC(N)=O)C(=O)C[C@@H](Cc1ccccc1)C(=O)N[C@H](CCCN=C(N)N)C(=O)c1nc2ccccc2s1. The van der Waals surface area contributed by atoms with Crippen LogP contribution in [0, 0.1) is 5.92 Å². The summed E-state index contributed by atoms with van der Waals surface area (Å²) in [5, 5.41) is 5.67. The minimum absolute atomic E-state index is 0.0108. The fraction of sp³-hybridized carbons (Fsp3) is 0.367. The van der Waals surface area contributed by atoms with E-state index >= 15 is 0 Å². The summed E-state index contributed by atoms with van der Waals surface area (Å²) in [7, 11) is 0. The summed E-state index contributed by atoms with van der Waals surface area (Å²) in [5.41, 5.74) is 17.6. The highest BCUT2D eigenvalue weighted by Gasteiger charge is 2.31. The number of nitrogens with one attached hydrogen (secondary N) is 2. The van der Waals surface area contributed by atoms with E-state index in [1.54, 1.807) is 6.07 Å². The number of para-hydroxylation sites is 1. The summed E-state index contributed by atoms with van der Waals surface area (Å²) in [6.45, 7) is 1.52. The second kappa shape index (κ2) is 16.1. The molecule has 0 aliphatic heterocycles. The van der Waals surface area contributed by atoms with Crippen LogP contribution in [-0.2, 0) is 25.6 Å². The van der Waals surface area contributed by atoms with Crippen LogP contribution in [-0.4, -0.2) is 58.9 Å². The van der Waals surface area contributed by atoms with Gasteiger partial charge in [-0.25, -0.2) is 4.98 Å². The van der Waals surface area contributed by atoms with Crippen LogP contribution >= 0.6 is 11.3 Å². The first-order valence-electron chi connectivity index (χ1n) is 13.9. The largest absolute Gasteiger partial charge is 0.370 e. The van der Waals surface area contributed by atoms with Crippen molar-refractivity contribution in [2.75, 3.05) is 6.54 Å². The normalized spacial score (nSPS) is 13.0. The van der Waals surface area contributed by atoms with Crippen LogP contribution in [0.2, 0.25) is 0 Å². The minimum atomic E-state index is -0.990. The molecule has 8 N–H and O–H groups in total. The molecule has 13 heteroatoms. The van der Waals surface area contributed by atoms with Gasteiger partial charge < -0.3 is 27.8 Å². The van der Waals surface area contributed by atoms with Gasteiger partial charge >= 0.3 is 0 Å². The molecule has 0 saturated carbocycles. The van der Waals surface area contributed by atoms with Gasteiger partial charge in [0, 0.05) is 32.2 Å². The lowest BCUT2D eigenvalue weighted by atomic mass is 9.89. The molecule has 1 heterocycles. The number of aliphatic imine (C=N–C) groups is 1. The van der Waals surface area contributed by atoms with E-state index in [9.17, 15) is 24.0 Å². The van der Waals surface area contributed by atoms with Crippen molar-refractivity contribution in [3.8, 4) is 0 Å². The number of benzene rings is 2. The van der Waals surface area contributed by atoms with Crippen LogP contribution < -0.4 is 27.8 Å². The molecular formula is C30H37N7O5S. The summed E-state index contributed by atoms with van der Waals surface area (Å²) in [5.74, 6) is -3.30. The fourth-order valence-electron chi connectivity index (χ4n) is 4.58. The zero-order chi connectivity index (χ0) is 31.4. The molecule has 0 radical (unpaired) electrons. The summed E-state index contributed by atoms with van der Waals surface area (Å²) in [4.78, 5) is 72.4. The van der Waals surface area contributed by atoms with Crippen molar-refractivity contribution in [3.05, 3.63) is 65.2 Å². The molecule has 0 aliphatic carbocycles. The number of carbonyl (C=O) groups excluding carboxylic acids is 5. The van der Waals surface area contributed by atoms with Crippen LogP contribution in [0.5, 0.6) is 0 Å². The van der Waals surface area contributed by atoms with Gasteiger partial charge in [0.15, 0.2) is 16.8 Å². The molecule has 2 aromatic carbocycles. The molecule has 3 rings (SSSR count). The maximum Gasteiger partial charge on any atom is 0.224 e. The number of ketones is 2. The Kier molecular flexibility index (Phi) is 12.3. The first kappa shape index (κ1) is 32.9. The van der Waals surface area contributed by atoms with Crippen LogP contribution in [0.1, 0.15) is 54.4 Å². The van der Waals surface area contributed by atoms with Crippen molar-refractivity contribution < 1.29 is 24.0 Å². The quantitative estimate of drug-likeness (QED) is 0.0656. The maximum atomic E-state index is 13.8. The molecule has 3 atom stereocenters. The number of rotatable bonds is 17. The van der Waals surface area contributed by atoms with Crippen LogP contribution in [0.25, 0.3) is 10.2 Å². The number of fused-ring (bicyclic) bond motifs is 1. The number of primary amides is 1. The monoisotopic (exact) mass is 607 g/mol.